The monoisotopic (exact) mass is 548 g/mol. The molecule has 1 aliphatic rings. The van der Waals surface area contributed by atoms with Gasteiger partial charge in [0, 0.05) is 6.20 Å². The normalized spacial score (nSPS) is 30.6. The minimum atomic E-state index is -5.74. The number of phosphoric acid groups is 3. The average Bonchev–Trinajstić information content (AvgIpc) is 2.76. The van der Waals surface area contributed by atoms with Crippen LogP contribution in [0.25, 0.3) is 0 Å². The van der Waals surface area contributed by atoms with Crippen LogP contribution < -0.4 is 0 Å². The Bertz CT molecular complexity index is 1100. The molecule has 6 atom stereocenters. The van der Waals surface area contributed by atoms with Crippen molar-refractivity contribution in [3.8, 4) is 0 Å². The number of hydrogen-bond donors (Lipinski definition) is 7. The molecular weight excluding hydrogens is 532 g/mol. The van der Waals surface area contributed by atoms with E-state index in [0.29, 0.717) is 0 Å². The predicted octanol–water partition coefficient (Wildman–Crippen LogP) is 0.767. The van der Waals surface area contributed by atoms with Gasteiger partial charge in [0.2, 0.25) is 0 Å². The number of aromatic amines is 1. The molecule has 0 amide bonds. The Kier molecular flexibility index (Phi) is 7.99. The van der Waals surface area contributed by atoms with Crippen molar-refractivity contribution in [2.75, 3.05) is 6.61 Å². The quantitative estimate of drug-likeness (QED) is 0.176. The number of phosphoric ester groups is 1. The molecule has 0 radical (unpaired) electrons. The Labute approximate surface area is 182 Å². The fourth-order valence-corrected chi connectivity index (χ4v) is 5.98. The van der Waals surface area contributed by atoms with Crippen molar-refractivity contribution < 1.29 is 65.8 Å². The van der Waals surface area contributed by atoms with E-state index >= 15 is 0 Å². The van der Waals surface area contributed by atoms with Crippen LogP contribution in [0.15, 0.2) is 6.20 Å². The number of halogens is 1. The number of aliphatic hydroxyl groups excluding tert-OH is 1. The van der Waals surface area contributed by atoms with Gasteiger partial charge in [0.25, 0.3) is 0 Å². The number of nitrogens with one attached hydrogen (secondary N) is 1. The van der Waals surface area contributed by atoms with Crippen molar-refractivity contribution in [1.82, 2.24) is 9.55 Å². The third-order valence-corrected chi connectivity index (χ3v) is 8.16. The maximum atomic E-state index is 13.8. The number of ether oxygens (including phenoxy) is 1. The molecule has 0 saturated carbocycles. The number of nitrogens with zero attached hydrogens (tertiary/aromatic N) is 1. The summed E-state index contributed by atoms with van der Waals surface area (Å²) >= 11 is 9.65. The third-order valence-electron chi connectivity index (χ3n) is 3.75. The summed E-state index contributed by atoms with van der Waals surface area (Å²) in [5.41, 5.74) is -2.15. The maximum Gasteiger partial charge on any atom is 0.490 e. The summed E-state index contributed by atoms with van der Waals surface area (Å²) < 4.78 is 64.7. The summed E-state index contributed by atoms with van der Waals surface area (Å²) in [5.74, 6) is -0.936. The zero-order valence-corrected chi connectivity index (χ0v) is 19.4. The number of H-pyrrole nitrogens is 1. The van der Waals surface area contributed by atoms with Gasteiger partial charge in [-0.3, -0.25) is 9.09 Å². The van der Waals surface area contributed by atoms with E-state index in [1.165, 1.54) is 0 Å². The Morgan fingerprint density at radius 1 is 1.23 bits per heavy atom. The lowest BCUT2D eigenvalue weighted by molar-refractivity contribution is -0.0981. The van der Waals surface area contributed by atoms with Crippen molar-refractivity contribution in [1.29, 1.82) is 0 Å². The van der Waals surface area contributed by atoms with Crippen LogP contribution in [0.4, 0.5) is 4.39 Å². The standard InChI is InChI=1S/C10H16FN2O13P3S2/c1-10(15)6(14)5(24-8(10)13-2-4(11)7(30)12-9(13)31)3-23-28(19,20)26-29(21,22)25-27(16,17)18/h2,5-6,8,14-15H,3H2,1H3,(H,19,20)(H,21,22)(H,12,30,31)(H2,16,17,18). The maximum absolute atomic E-state index is 13.8. The summed E-state index contributed by atoms with van der Waals surface area (Å²) in [6, 6.07) is 0. The van der Waals surface area contributed by atoms with Gasteiger partial charge in [0.1, 0.15) is 22.4 Å². The Morgan fingerprint density at radius 2 is 1.81 bits per heavy atom. The van der Waals surface area contributed by atoms with Crippen molar-refractivity contribution in [2.45, 2.75) is 31.0 Å². The van der Waals surface area contributed by atoms with Gasteiger partial charge in [-0.1, -0.05) is 12.2 Å². The first-order valence-electron chi connectivity index (χ1n) is 7.70. The van der Waals surface area contributed by atoms with Crippen molar-refractivity contribution in [2.24, 2.45) is 0 Å². The number of hydrogen-bond acceptors (Lipinski definition) is 11. The van der Waals surface area contributed by atoms with E-state index < -0.39 is 59.9 Å². The Hall–Kier alpha value is -0.260. The molecule has 21 heteroatoms. The molecule has 0 aliphatic carbocycles. The molecule has 1 aliphatic heterocycles. The summed E-state index contributed by atoms with van der Waals surface area (Å²) in [6.45, 7) is 0.0323. The van der Waals surface area contributed by atoms with E-state index in [-0.39, 0.29) is 9.41 Å². The van der Waals surface area contributed by atoms with E-state index in [9.17, 15) is 33.2 Å². The summed E-state index contributed by atoms with van der Waals surface area (Å²) in [5, 5.41) is 20.8. The molecule has 15 nitrogen and oxygen atoms in total. The fraction of sp³-hybridized carbons (Fsp3) is 0.600. The van der Waals surface area contributed by atoms with Crippen LogP contribution in [0, 0.1) is 15.2 Å². The topological polar surface area (TPSA) is 230 Å². The highest BCUT2D eigenvalue weighted by Crippen LogP contribution is 2.66. The molecule has 1 fully saturated rings. The fourth-order valence-electron chi connectivity index (χ4n) is 2.48. The van der Waals surface area contributed by atoms with E-state index in [1.54, 1.807) is 0 Å². The molecule has 2 heterocycles. The molecule has 1 aromatic heterocycles. The van der Waals surface area contributed by atoms with E-state index in [2.05, 4.69) is 30.3 Å². The number of aromatic nitrogens is 2. The first-order valence-corrected chi connectivity index (χ1v) is 13.0. The van der Waals surface area contributed by atoms with Crippen LogP contribution in [0.2, 0.25) is 0 Å². The van der Waals surface area contributed by atoms with Gasteiger partial charge >= 0.3 is 23.5 Å². The molecule has 6 unspecified atom stereocenters. The lowest BCUT2D eigenvalue weighted by Gasteiger charge is -2.28. The van der Waals surface area contributed by atoms with Crippen LogP contribution in [-0.2, 0) is 31.6 Å². The van der Waals surface area contributed by atoms with E-state index in [1.807, 2.05) is 0 Å². The van der Waals surface area contributed by atoms with E-state index in [0.717, 1.165) is 17.7 Å². The zero-order chi connectivity index (χ0) is 24.0. The smallest absolute Gasteiger partial charge is 0.387 e. The van der Waals surface area contributed by atoms with E-state index in [4.69, 9.17) is 31.6 Å². The van der Waals surface area contributed by atoms with Crippen molar-refractivity contribution in [3.05, 3.63) is 21.4 Å². The number of aliphatic hydroxyl groups is 2. The summed E-state index contributed by atoms with van der Waals surface area (Å²) in [6.07, 6.45) is -4.15. The molecule has 1 saturated heterocycles. The SMILES string of the molecule is CC1(O)C(O)C(COP(=O)(O)OP(=O)(O)OP(=O)(O)O)OC1n1cc(F)c(=S)[nH]c1=S. The van der Waals surface area contributed by atoms with Crippen LogP contribution in [0.5, 0.6) is 0 Å². The molecule has 0 bridgehead atoms. The highest BCUT2D eigenvalue weighted by Gasteiger charge is 2.54. The molecule has 178 valence electrons. The van der Waals surface area contributed by atoms with Crippen LogP contribution >= 0.6 is 47.9 Å². The Balaban J connectivity index is 2.17. The second-order valence-corrected chi connectivity index (χ2v) is 11.4. The molecular formula is C10H16FN2O13P3S2. The van der Waals surface area contributed by atoms with Crippen LogP contribution in [0.1, 0.15) is 13.2 Å². The lowest BCUT2D eigenvalue weighted by atomic mass is 9.96. The first kappa shape index (κ1) is 27.0. The highest BCUT2D eigenvalue weighted by molar-refractivity contribution is 7.72. The minimum Gasteiger partial charge on any atom is -0.387 e. The predicted molar refractivity (Wildman–Crippen MR) is 101 cm³/mol. The highest BCUT2D eigenvalue weighted by atomic mass is 32.1. The molecule has 0 spiro atoms. The van der Waals surface area contributed by atoms with Gasteiger partial charge in [0.15, 0.2) is 16.8 Å². The second kappa shape index (κ2) is 9.18. The summed E-state index contributed by atoms with van der Waals surface area (Å²) in [4.78, 5) is 37.9. The number of rotatable bonds is 8. The minimum absolute atomic E-state index is 0.197. The van der Waals surface area contributed by atoms with Crippen molar-refractivity contribution in [3.63, 3.8) is 0 Å². The van der Waals surface area contributed by atoms with Gasteiger partial charge in [-0.2, -0.15) is 8.62 Å². The van der Waals surface area contributed by atoms with Gasteiger partial charge < -0.3 is 39.5 Å². The van der Waals surface area contributed by atoms with Crippen LogP contribution in [-0.4, -0.2) is 63.8 Å². The third kappa shape index (κ3) is 6.86. The molecule has 2 rings (SSSR count). The molecule has 1 aromatic rings. The van der Waals surface area contributed by atoms with Gasteiger partial charge in [-0.25, -0.2) is 18.1 Å². The molecule has 31 heavy (non-hydrogen) atoms. The largest absolute Gasteiger partial charge is 0.490 e. The Morgan fingerprint density at radius 3 is 2.35 bits per heavy atom. The zero-order valence-electron chi connectivity index (χ0n) is 15.0. The van der Waals surface area contributed by atoms with Crippen LogP contribution in [0.3, 0.4) is 0 Å². The summed E-state index contributed by atoms with van der Waals surface area (Å²) in [7, 11) is -16.8. The van der Waals surface area contributed by atoms with Gasteiger partial charge in [0.05, 0.1) is 6.61 Å². The lowest BCUT2D eigenvalue weighted by Crippen LogP contribution is -2.44. The van der Waals surface area contributed by atoms with Crippen molar-refractivity contribution >= 4 is 47.9 Å². The molecule has 7 N–H and O–H groups in total. The molecule has 0 aromatic carbocycles. The second-order valence-electron chi connectivity index (χ2n) is 6.23. The van der Waals surface area contributed by atoms with Gasteiger partial charge in [-0.15, -0.1) is 0 Å². The first-order chi connectivity index (χ1) is 13.8. The average molecular weight is 548 g/mol. The van der Waals surface area contributed by atoms with Gasteiger partial charge in [-0.05, 0) is 19.1 Å².